The van der Waals surface area contributed by atoms with E-state index in [1.54, 1.807) is 6.07 Å². The summed E-state index contributed by atoms with van der Waals surface area (Å²) in [5.41, 5.74) is 2.48. The first-order chi connectivity index (χ1) is 15.4. The number of anilines is 1. The fourth-order valence-corrected chi connectivity index (χ4v) is 3.46. The number of carbonyl (C=O) groups excluding carboxylic acids is 3. The van der Waals surface area contributed by atoms with Crippen molar-refractivity contribution in [2.24, 2.45) is 0 Å². The fraction of sp³-hybridized carbons (Fsp3) is 0.192. The van der Waals surface area contributed by atoms with Crippen LogP contribution in [0.3, 0.4) is 0 Å². The second kappa shape index (κ2) is 9.06. The summed E-state index contributed by atoms with van der Waals surface area (Å²) in [7, 11) is 1.27. The number of nitrogens with one attached hydrogen (secondary N) is 2. The maximum absolute atomic E-state index is 12.8. The first-order valence-electron chi connectivity index (χ1n) is 10.5. The summed E-state index contributed by atoms with van der Waals surface area (Å²) in [5.74, 6) is -1.23. The summed E-state index contributed by atoms with van der Waals surface area (Å²) in [6, 6.07) is 18.7. The Hall–Kier alpha value is -3.93. The molecule has 3 aromatic carbocycles. The molecule has 4 rings (SSSR count). The van der Waals surface area contributed by atoms with E-state index in [1.165, 1.54) is 25.3 Å². The zero-order valence-corrected chi connectivity index (χ0v) is 18.0. The molecule has 1 fully saturated rings. The van der Waals surface area contributed by atoms with Gasteiger partial charge in [0.15, 0.2) is 0 Å². The lowest BCUT2D eigenvalue weighted by Crippen LogP contribution is -2.25. The van der Waals surface area contributed by atoms with Crippen LogP contribution in [-0.2, 0) is 9.53 Å². The minimum atomic E-state index is -0.593. The Bertz CT molecular complexity index is 1240. The van der Waals surface area contributed by atoms with E-state index in [-0.39, 0.29) is 23.2 Å². The molecule has 0 atom stereocenters. The van der Waals surface area contributed by atoms with Crippen LogP contribution >= 0.6 is 0 Å². The molecule has 0 aliphatic heterocycles. The van der Waals surface area contributed by atoms with Gasteiger partial charge in [-0.05, 0) is 65.9 Å². The molecule has 2 N–H and O–H groups in total. The molecule has 3 aromatic rings. The van der Waals surface area contributed by atoms with E-state index in [2.05, 4.69) is 10.6 Å². The predicted octanol–water partition coefficient (Wildman–Crippen LogP) is 4.56. The van der Waals surface area contributed by atoms with Gasteiger partial charge in [-0.15, -0.1) is 0 Å². The van der Waals surface area contributed by atoms with Gasteiger partial charge in [-0.3, -0.25) is 9.59 Å². The predicted molar refractivity (Wildman–Crippen MR) is 124 cm³/mol. The highest BCUT2D eigenvalue weighted by Crippen LogP contribution is 2.24. The lowest BCUT2D eigenvalue weighted by atomic mass is 10.0. The first kappa shape index (κ1) is 21.3. The molecule has 0 saturated heterocycles. The molecule has 1 aliphatic rings. The number of methoxy groups -OCH3 is 1. The lowest BCUT2D eigenvalue weighted by molar-refractivity contribution is -0.111. The average Bonchev–Trinajstić information content (AvgIpc) is 3.62. The number of hydrogen-bond donors (Lipinski definition) is 2. The average molecular weight is 428 g/mol. The molecule has 0 spiro atoms. The molecule has 1 aliphatic carbocycles. The zero-order chi connectivity index (χ0) is 22.7. The molecule has 0 radical (unpaired) electrons. The molecular formula is C26H24N2O4. The third-order valence-electron chi connectivity index (χ3n) is 5.41. The van der Waals surface area contributed by atoms with Gasteiger partial charge in [0.2, 0.25) is 5.91 Å². The number of esters is 1. The number of carbonyl (C=O) groups is 3. The molecular weight excluding hydrogens is 404 g/mol. The van der Waals surface area contributed by atoms with Gasteiger partial charge in [0.1, 0.15) is 0 Å². The van der Waals surface area contributed by atoms with Crippen molar-refractivity contribution in [1.29, 1.82) is 0 Å². The first-order valence-corrected chi connectivity index (χ1v) is 10.5. The van der Waals surface area contributed by atoms with E-state index in [9.17, 15) is 14.4 Å². The molecule has 1 saturated carbocycles. The van der Waals surface area contributed by atoms with Crippen LogP contribution in [0.1, 0.15) is 46.0 Å². The second-order valence-electron chi connectivity index (χ2n) is 7.88. The Balaban J connectivity index is 1.58. The van der Waals surface area contributed by atoms with Crippen molar-refractivity contribution in [3.8, 4) is 0 Å². The van der Waals surface area contributed by atoms with Gasteiger partial charge >= 0.3 is 5.97 Å². The van der Waals surface area contributed by atoms with Crippen molar-refractivity contribution in [1.82, 2.24) is 5.32 Å². The topological polar surface area (TPSA) is 84.5 Å². The van der Waals surface area contributed by atoms with Crippen LogP contribution in [0.15, 0.2) is 66.7 Å². The van der Waals surface area contributed by atoms with Crippen LogP contribution in [0.4, 0.5) is 5.69 Å². The van der Waals surface area contributed by atoms with E-state index in [1.807, 2.05) is 49.4 Å². The standard InChI is InChI=1S/C26H24N2O4/c1-16(18-8-7-17-5-3-4-6-19(17)14-18)13-24(29)28-23-15-20(25(30)27-21-10-11-21)9-12-22(23)26(31)32-2/h3-9,12-15,21H,10-11H2,1-2H3,(H,27,30)(H,28,29). The molecule has 162 valence electrons. The van der Waals surface area contributed by atoms with Gasteiger partial charge in [0.05, 0.1) is 18.4 Å². The number of amides is 2. The molecule has 0 aromatic heterocycles. The fourth-order valence-electron chi connectivity index (χ4n) is 3.46. The van der Waals surface area contributed by atoms with Crippen LogP contribution in [0, 0.1) is 0 Å². The van der Waals surface area contributed by atoms with Crippen molar-refractivity contribution in [2.75, 3.05) is 12.4 Å². The smallest absolute Gasteiger partial charge is 0.339 e. The summed E-state index contributed by atoms with van der Waals surface area (Å²) in [6.07, 6.45) is 3.41. The Morgan fingerprint density at radius 2 is 1.66 bits per heavy atom. The summed E-state index contributed by atoms with van der Waals surface area (Å²) < 4.78 is 4.82. The van der Waals surface area contributed by atoms with Gasteiger partial charge in [-0.25, -0.2) is 4.79 Å². The van der Waals surface area contributed by atoms with E-state index in [0.717, 1.165) is 34.8 Å². The molecule has 2 amide bonds. The molecule has 0 unspecified atom stereocenters. The van der Waals surface area contributed by atoms with E-state index in [4.69, 9.17) is 4.74 Å². The Morgan fingerprint density at radius 1 is 0.938 bits per heavy atom. The van der Waals surface area contributed by atoms with Crippen LogP contribution in [0.25, 0.3) is 16.3 Å². The molecule has 0 bridgehead atoms. The van der Waals surface area contributed by atoms with Crippen molar-refractivity contribution in [3.05, 3.63) is 83.4 Å². The summed E-state index contributed by atoms with van der Waals surface area (Å²) >= 11 is 0. The summed E-state index contributed by atoms with van der Waals surface area (Å²) in [5, 5.41) is 7.84. The van der Waals surface area contributed by atoms with Gasteiger partial charge in [0, 0.05) is 17.7 Å². The Labute approximate surface area is 186 Å². The maximum atomic E-state index is 12.8. The van der Waals surface area contributed by atoms with Crippen LogP contribution in [-0.4, -0.2) is 30.9 Å². The SMILES string of the molecule is COC(=O)c1ccc(C(=O)NC2CC2)cc1NC(=O)C=C(C)c1ccc2ccccc2c1. The van der Waals surface area contributed by atoms with Crippen molar-refractivity contribution in [2.45, 2.75) is 25.8 Å². The van der Waals surface area contributed by atoms with Crippen LogP contribution in [0.5, 0.6) is 0 Å². The number of benzene rings is 3. The third kappa shape index (κ3) is 4.86. The van der Waals surface area contributed by atoms with E-state index in [0.29, 0.717) is 5.56 Å². The number of fused-ring (bicyclic) bond motifs is 1. The normalized spacial score (nSPS) is 13.5. The van der Waals surface area contributed by atoms with E-state index >= 15 is 0 Å². The second-order valence-corrected chi connectivity index (χ2v) is 7.88. The minimum Gasteiger partial charge on any atom is -0.465 e. The summed E-state index contributed by atoms with van der Waals surface area (Å²) in [6.45, 7) is 1.85. The number of rotatable bonds is 6. The Morgan fingerprint density at radius 3 is 2.38 bits per heavy atom. The van der Waals surface area contributed by atoms with Crippen LogP contribution in [0.2, 0.25) is 0 Å². The maximum Gasteiger partial charge on any atom is 0.339 e. The monoisotopic (exact) mass is 428 g/mol. The Kier molecular flexibility index (Phi) is 6.03. The minimum absolute atomic E-state index is 0.181. The number of ether oxygens (including phenoxy) is 1. The highest BCUT2D eigenvalue weighted by molar-refractivity contribution is 6.09. The van der Waals surface area contributed by atoms with Gasteiger partial charge in [-0.1, -0.05) is 36.4 Å². The van der Waals surface area contributed by atoms with Gasteiger partial charge in [0.25, 0.3) is 5.91 Å². The number of allylic oxidation sites excluding steroid dienone is 1. The lowest BCUT2D eigenvalue weighted by Gasteiger charge is -2.12. The van der Waals surface area contributed by atoms with Crippen molar-refractivity contribution in [3.63, 3.8) is 0 Å². The quantitative estimate of drug-likeness (QED) is 0.445. The molecule has 0 heterocycles. The van der Waals surface area contributed by atoms with Crippen molar-refractivity contribution >= 4 is 39.8 Å². The highest BCUT2D eigenvalue weighted by atomic mass is 16.5. The highest BCUT2D eigenvalue weighted by Gasteiger charge is 2.24. The largest absolute Gasteiger partial charge is 0.465 e. The molecule has 32 heavy (non-hydrogen) atoms. The number of hydrogen-bond acceptors (Lipinski definition) is 4. The van der Waals surface area contributed by atoms with Crippen LogP contribution < -0.4 is 10.6 Å². The van der Waals surface area contributed by atoms with E-state index < -0.39 is 11.9 Å². The molecule has 6 nitrogen and oxygen atoms in total. The van der Waals surface area contributed by atoms with Gasteiger partial charge in [-0.2, -0.15) is 0 Å². The summed E-state index contributed by atoms with van der Waals surface area (Å²) in [4.78, 5) is 37.3. The van der Waals surface area contributed by atoms with Crippen molar-refractivity contribution < 1.29 is 19.1 Å². The van der Waals surface area contributed by atoms with Gasteiger partial charge < -0.3 is 15.4 Å². The molecule has 6 heteroatoms. The zero-order valence-electron chi connectivity index (χ0n) is 18.0. The third-order valence-corrected chi connectivity index (χ3v) is 5.41.